The number of aliphatic hydroxyl groups excluding tert-OH is 1. The van der Waals surface area contributed by atoms with Crippen molar-refractivity contribution >= 4 is 12.2 Å². The smallest absolute Gasteiger partial charge is 0.231 e. The molecule has 0 fully saturated rings. The van der Waals surface area contributed by atoms with Crippen molar-refractivity contribution in [1.29, 1.82) is 0 Å². The second kappa shape index (κ2) is 9.05. The maximum atomic E-state index is 9.90. The van der Waals surface area contributed by atoms with Crippen molar-refractivity contribution < 1.29 is 24.1 Å². The van der Waals surface area contributed by atoms with Crippen LogP contribution in [0, 0.1) is 5.41 Å². The highest BCUT2D eigenvalue weighted by Crippen LogP contribution is 2.33. The van der Waals surface area contributed by atoms with E-state index in [9.17, 15) is 5.11 Å². The Bertz CT molecular complexity index is 893. The van der Waals surface area contributed by atoms with Crippen LogP contribution in [-0.2, 0) is 0 Å². The van der Waals surface area contributed by atoms with Crippen LogP contribution >= 0.6 is 0 Å². The third kappa shape index (κ3) is 5.55. The first kappa shape index (κ1) is 20.8. The summed E-state index contributed by atoms with van der Waals surface area (Å²) >= 11 is 0. The molecule has 0 amide bonds. The van der Waals surface area contributed by atoms with E-state index in [-0.39, 0.29) is 12.2 Å². The Morgan fingerprint density at radius 1 is 0.793 bits per heavy atom. The number of fused-ring (bicyclic) bond motifs is 2. The summed E-state index contributed by atoms with van der Waals surface area (Å²) in [6.45, 7) is 8.62. The average molecular weight is 396 g/mol. The van der Waals surface area contributed by atoms with Gasteiger partial charge in [0.25, 0.3) is 0 Å². The zero-order chi connectivity index (χ0) is 20.9. The maximum Gasteiger partial charge on any atom is 0.231 e. The molecule has 29 heavy (non-hydrogen) atoms. The topological polar surface area (TPSA) is 57.2 Å². The summed E-state index contributed by atoms with van der Waals surface area (Å²) in [5.41, 5.74) is 1.99. The van der Waals surface area contributed by atoms with Crippen molar-refractivity contribution in [2.75, 3.05) is 13.6 Å². The summed E-state index contributed by atoms with van der Waals surface area (Å²) in [6.07, 6.45) is 7.27. The lowest BCUT2D eigenvalue weighted by atomic mass is 9.89. The predicted octanol–water partition coefficient (Wildman–Crippen LogP) is 5.28. The standard InChI is InChI=1S/C14H18O3.C10H10O2/c1-14(2,3)13(15)7-5-10-4-6-11-12(8-10)17-9-16-11;1-2-3-8-4-5-9-10(6-8)12-7-11-9/h4-8,13,15H,9H2,1-3H3;2-6H,7H2,1H3/b7-5+;3-2+. The summed E-state index contributed by atoms with van der Waals surface area (Å²) in [6, 6.07) is 11.6. The number of hydrogen-bond donors (Lipinski definition) is 1. The average Bonchev–Trinajstić information content (AvgIpc) is 3.34. The first-order valence-electron chi connectivity index (χ1n) is 9.65. The molecule has 4 rings (SSSR count). The molecule has 0 aromatic heterocycles. The molecule has 0 saturated carbocycles. The number of allylic oxidation sites excluding steroid dienone is 1. The molecule has 1 atom stereocenters. The van der Waals surface area contributed by atoms with E-state index in [1.807, 2.05) is 82.3 Å². The third-order valence-electron chi connectivity index (χ3n) is 4.51. The fraction of sp³-hybridized carbons (Fsp3) is 0.333. The number of rotatable bonds is 3. The lowest BCUT2D eigenvalue weighted by Crippen LogP contribution is -2.23. The zero-order valence-electron chi connectivity index (χ0n) is 17.3. The van der Waals surface area contributed by atoms with E-state index >= 15 is 0 Å². The molecule has 5 nitrogen and oxygen atoms in total. The molecule has 2 heterocycles. The highest BCUT2D eigenvalue weighted by molar-refractivity contribution is 5.57. The van der Waals surface area contributed by atoms with Crippen LogP contribution in [0.3, 0.4) is 0 Å². The second-order valence-corrected chi connectivity index (χ2v) is 7.90. The van der Waals surface area contributed by atoms with Crippen molar-refractivity contribution in [3.63, 3.8) is 0 Å². The van der Waals surface area contributed by atoms with Gasteiger partial charge in [-0.05, 0) is 47.7 Å². The van der Waals surface area contributed by atoms with Gasteiger partial charge in [0, 0.05) is 0 Å². The van der Waals surface area contributed by atoms with Gasteiger partial charge in [0.05, 0.1) is 6.10 Å². The molecule has 2 aromatic rings. The number of benzene rings is 2. The van der Waals surface area contributed by atoms with Gasteiger partial charge < -0.3 is 24.1 Å². The van der Waals surface area contributed by atoms with Gasteiger partial charge in [-0.1, -0.05) is 57.2 Å². The molecule has 0 aliphatic carbocycles. The molecule has 2 aliphatic rings. The van der Waals surface area contributed by atoms with E-state index in [4.69, 9.17) is 18.9 Å². The van der Waals surface area contributed by atoms with E-state index in [1.54, 1.807) is 6.08 Å². The number of aliphatic hydroxyl groups is 1. The Morgan fingerprint density at radius 3 is 1.76 bits per heavy atom. The lowest BCUT2D eigenvalue weighted by Gasteiger charge is -2.22. The van der Waals surface area contributed by atoms with Crippen molar-refractivity contribution in [3.8, 4) is 23.0 Å². The normalized spacial score (nSPS) is 15.5. The highest BCUT2D eigenvalue weighted by atomic mass is 16.7. The molecule has 2 aliphatic heterocycles. The van der Waals surface area contributed by atoms with Crippen LogP contribution in [0.5, 0.6) is 23.0 Å². The van der Waals surface area contributed by atoms with E-state index < -0.39 is 6.10 Å². The number of hydrogen-bond acceptors (Lipinski definition) is 5. The molecule has 0 radical (unpaired) electrons. The zero-order valence-corrected chi connectivity index (χ0v) is 17.3. The van der Waals surface area contributed by atoms with E-state index in [0.717, 1.165) is 34.1 Å². The lowest BCUT2D eigenvalue weighted by molar-refractivity contribution is 0.106. The van der Waals surface area contributed by atoms with Crippen molar-refractivity contribution in [1.82, 2.24) is 0 Å². The third-order valence-corrected chi connectivity index (χ3v) is 4.51. The fourth-order valence-electron chi connectivity index (χ4n) is 2.72. The minimum absolute atomic E-state index is 0.146. The molecule has 0 bridgehead atoms. The Hall–Kier alpha value is -2.92. The Balaban J connectivity index is 0.000000176. The van der Waals surface area contributed by atoms with Gasteiger partial charge in [0.2, 0.25) is 13.6 Å². The highest BCUT2D eigenvalue weighted by Gasteiger charge is 2.19. The van der Waals surface area contributed by atoms with Crippen LogP contribution < -0.4 is 18.9 Å². The minimum atomic E-state index is -0.465. The Labute approximate surface area is 172 Å². The summed E-state index contributed by atoms with van der Waals surface area (Å²) in [5, 5.41) is 9.90. The van der Waals surface area contributed by atoms with Crippen LogP contribution in [0.4, 0.5) is 0 Å². The van der Waals surface area contributed by atoms with Crippen molar-refractivity contribution in [2.45, 2.75) is 33.8 Å². The summed E-state index contributed by atoms with van der Waals surface area (Å²) in [5.74, 6) is 3.21. The molecular formula is C24H28O5. The van der Waals surface area contributed by atoms with Gasteiger partial charge in [-0.25, -0.2) is 0 Å². The number of ether oxygens (including phenoxy) is 4. The largest absolute Gasteiger partial charge is 0.454 e. The molecular weight excluding hydrogens is 368 g/mol. The molecule has 2 aromatic carbocycles. The Morgan fingerprint density at radius 2 is 1.28 bits per heavy atom. The Kier molecular flexibility index (Phi) is 6.49. The van der Waals surface area contributed by atoms with Gasteiger partial charge in [-0.15, -0.1) is 0 Å². The second-order valence-electron chi connectivity index (χ2n) is 7.90. The molecule has 1 N–H and O–H groups in total. The van der Waals surface area contributed by atoms with Crippen LogP contribution in [0.25, 0.3) is 12.2 Å². The van der Waals surface area contributed by atoms with Crippen LogP contribution in [-0.4, -0.2) is 24.8 Å². The molecule has 1 unspecified atom stereocenters. The minimum Gasteiger partial charge on any atom is -0.454 e. The van der Waals surface area contributed by atoms with E-state index in [1.165, 1.54) is 0 Å². The summed E-state index contributed by atoms with van der Waals surface area (Å²) in [7, 11) is 0. The fourth-order valence-corrected chi connectivity index (χ4v) is 2.72. The quantitative estimate of drug-likeness (QED) is 0.765. The SMILES string of the molecule is C/C=C/c1ccc2c(c1)OCO2.CC(C)(C)C(O)/C=C/c1ccc2c(c1)OCO2. The van der Waals surface area contributed by atoms with E-state index in [0.29, 0.717) is 6.79 Å². The van der Waals surface area contributed by atoms with E-state index in [2.05, 4.69) is 0 Å². The monoisotopic (exact) mass is 396 g/mol. The molecule has 5 heteroatoms. The van der Waals surface area contributed by atoms with Crippen LogP contribution in [0.1, 0.15) is 38.8 Å². The van der Waals surface area contributed by atoms with Crippen LogP contribution in [0.15, 0.2) is 48.6 Å². The van der Waals surface area contributed by atoms with Crippen LogP contribution in [0.2, 0.25) is 0 Å². The first-order valence-corrected chi connectivity index (χ1v) is 9.65. The molecule has 0 saturated heterocycles. The molecule has 0 spiro atoms. The van der Waals surface area contributed by atoms with Gasteiger partial charge in [-0.2, -0.15) is 0 Å². The summed E-state index contributed by atoms with van der Waals surface area (Å²) in [4.78, 5) is 0. The maximum absolute atomic E-state index is 9.90. The van der Waals surface area contributed by atoms with Gasteiger partial charge in [0.1, 0.15) is 0 Å². The predicted molar refractivity (Wildman–Crippen MR) is 114 cm³/mol. The molecule has 154 valence electrons. The first-order chi connectivity index (χ1) is 13.9. The van der Waals surface area contributed by atoms with Crippen molar-refractivity contribution in [2.24, 2.45) is 5.41 Å². The van der Waals surface area contributed by atoms with Gasteiger partial charge in [0.15, 0.2) is 23.0 Å². The van der Waals surface area contributed by atoms with Gasteiger partial charge in [-0.3, -0.25) is 0 Å². The van der Waals surface area contributed by atoms with Crippen molar-refractivity contribution in [3.05, 3.63) is 59.7 Å². The summed E-state index contributed by atoms with van der Waals surface area (Å²) < 4.78 is 20.9. The van der Waals surface area contributed by atoms with Gasteiger partial charge >= 0.3 is 0 Å².